The Labute approximate surface area is 138 Å². The number of hydrogen-bond donors (Lipinski definition) is 2. The van der Waals surface area contributed by atoms with Crippen LogP contribution in [-0.4, -0.2) is 30.2 Å². The van der Waals surface area contributed by atoms with Crippen LogP contribution in [0.3, 0.4) is 0 Å². The molecule has 0 saturated heterocycles. The minimum absolute atomic E-state index is 0.141. The molecule has 116 valence electrons. The van der Waals surface area contributed by atoms with E-state index in [4.69, 9.17) is 17.3 Å². The van der Waals surface area contributed by atoms with E-state index in [1.54, 1.807) is 24.6 Å². The smallest absolute Gasteiger partial charge is 0.222 e. The van der Waals surface area contributed by atoms with Crippen molar-refractivity contribution < 1.29 is 5.11 Å². The van der Waals surface area contributed by atoms with Crippen molar-refractivity contribution in [2.45, 2.75) is 19.4 Å². The highest BCUT2D eigenvalue weighted by atomic mass is 35.5. The fourth-order valence-electron chi connectivity index (χ4n) is 2.04. The van der Waals surface area contributed by atoms with Crippen LogP contribution in [0.5, 0.6) is 0 Å². The first kappa shape index (κ1) is 15.3. The molecule has 0 radical (unpaired) electrons. The Bertz CT molecular complexity index is 946. The number of rotatable bonds is 1. The first-order valence-corrected chi connectivity index (χ1v) is 7.22. The molecule has 0 aliphatic rings. The summed E-state index contributed by atoms with van der Waals surface area (Å²) in [5.74, 6) is 6.22. The predicted octanol–water partition coefficient (Wildman–Crippen LogP) is 2.17. The average molecular weight is 328 g/mol. The minimum Gasteiger partial charge on any atom is -0.378 e. The Morgan fingerprint density at radius 1 is 1.30 bits per heavy atom. The highest BCUT2D eigenvalue weighted by molar-refractivity contribution is 6.32. The van der Waals surface area contributed by atoms with E-state index in [1.807, 2.05) is 18.3 Å². The van der Waals surface area contributed by atoms with Gasteiger partial charge < -0.3 is 10.8 Å². The molecule has 3 aromatic heterocycles. The van der Waals surface area contributed by atoms with E-state index in [0.29, 0.717) is 16.5 Å². The van der Waals surface area contributed by atoms with Crippen LogP contribution >= 0.6 is 11.6 Å². The zero-order valence-electron chi connectivity index (χ0n) is 12.6. The summed E-state index contributed by atoms with van der Waals surface area (Å²) in [6, 6.07) is 3.70. The lowest BCUT2D eigenvalue weighted by Crippen LogP contribution is -2.14. The van der Waals surface area contributed by atoms with E-state index >= 15 is 0 Å². The van der Waals surface area contributed by atoms with Gasteiger partial charge in [0.2, 0.25) is 5.95 Å². The molecular formula is C16H14ClN5O. The standard InChI is InChI=1S/C16H14ClN5O/c1-16(2,23)5-3-11-7-13-10(8-19-11)4-6-22(13)14-12(17)9-20-15(18)21-14/h4,6-9,23H,1-2H3,(H2,18,20,21). The minimum atomic E-state index is -1.08. The fraction of sp³-hybridized carbons (Fsp3) is 0.188. The van der Waals surface area contributed by atoms with Crippen LogP contribution in [0.2, 0.25) is 5.02 Å². The number of anilines is 1. The number of pyridine rings is 1. The van der Waals surface area contributed by atoms with E-state index in [0.717, 1.165) is 10.9 Å². The largest absolute Gasteiger partial charge is 0.378 e. The quantitative estimate of drug-likeness (QED) is 0.669. The van der Waals surface area contributed by atoms with Gasteiger partial charge in [0.05, 0.1) is 11.7 Å². The second kappa shape index (κ2) is 5.54. The van der Waals surface area contributed by atoms with E-state index in [9.17, 15) is 5.11 Å². The van der Waals surface area contributed by atoms with Gasteiger partial charge in [-0.1, -0.05) is 17.5 Å². The molecule has 3 N–H and O–H groups in total. The van der Waals surface area contributed by atoms with Crippen molar-refractivity contribution in [1.29, 1.82) is 0 Å². The Balaban J connectivity index is 2.15. The van der Waals surface area contributed by atoms with Crippen LogP contribution in [0.4, 0.5) is 5.95 Å². The highest BCUT2D eigenvalue weighted by Gasteiger charge is 2.11. The summed E-state index contributed by atoms with van der Waals surface area (Å²) in [6.07, 6.45) is 4.99. The van der Waals surface area contributed by atoms with Gasteiger partial charge in [0.1, 0.15) is 16.3 Å². The molecule has 0 fully saturated rings. The van der Waals surface area contributed by atoms with Crippen LogP contribution in [0.15, 0.2) is 30.7 Å². The Hall–Kier alpha value is -2.62. The number of halogens is 1. The summed E-state index contributed by atoms with van der Waals surface area (Å²) >= 11 is 6.17. The molecule has 0 unspecified atom stereocenters. The Kier molecular flexibility index (Phi) is 3.68. The van der Waals surface area contributed by atoms with Crippen molar-refractivity contribution in [3.05, 3.63) is 41.4 Å². The second-order valence-corrected chi connectivity index (χ2v) is 5.93. The van der Waals surface area contributed by atoms with Crippen molar-refractivity contribution in [3.63, 3.8) is 0 Å². The van der Waals surface area contributed by atoms with Gasteiger partial charge in [-0.15, -0.1) is 0 Å². The topological polar surface area (TPSA) is 89.8 Å². The van der Waals surface area contributed by atoms with Gasteiger partial charge in [-0.25, -0.2) is 9.97 Å². The molecule has 0 saturated carbocycles. The molecule has 0 aromatic carbocycles. The zero-order chi connectivity index (χ0) is 16.6. The number of nitrogens with zero attached hydrogens (tertiary/aromatic N) is 4. The second-order valence-electron chi connectivity index (χ2n) is 5.52. The number of aliphatic hydroxyl groups is 1. The highest BCUT2D eigenvalue weighted by Crippen LogP contribution is 2.24. The van der Waals surface area contributed by atoms with Gasteiger partial charge in [-0.3, -0.25) is 4.57 Å². The summed E-state index contributed by atoms with van der Waals surface area (Å²) in [5, 5.41) is 11.0. The van der Waals surface area contributed by atoms with Gasteiger partial charge in [-0.2, -0.15) is 4.98 Å². The van der Waals surface area contributed by atoms with Gasteiger partial charge in [0.15, 0.2) is 5.82 Å². The van der Waals surface area contributed by atoms with Crippen molar-refractivity contribution in [3.8, 4) is 17.7 Å². The first-order chi connectivity index (χ1) is 10.8. The van der Waals surface area contributed by atoms with Crippen molar-refractivity contribution in [2.24, 2.45) is 0 Å². The molecule has 0 amide bonds. The molecule has 0 aliphatic heterocycles. The fourth-order valence-corrected chi connectivity index (χ4v) is 2.22. The lowest BCUT2D eigenvalue weighted by molar-refractivity contribution is 0.143. The SMILES string of the molecule is CC(C)(O)C#Cc1cc2c(ccn2-c2nc(N)ncc2Cl)cn1. The van der Waals surface area contributed by atoms with E-state index in [-0.39, 0.29) is 5.95 Å². The van der Waals surface area contributed by atoms with Gasteiger partial charge in [0, 0.05) is 17.8 Å². The van der Waals surface area contributed by atoms with Gasteiger partial charge in [-0.05, 0) is 31.9 Å². The number of hydrogen-bond acceptors (Lipinski definition) is 5. The predicted molar refractivity (Wildman–Crippen MR) is 89.3 cm³/mol. The van der Waals surface area contributed by atoms with Crippen molar-refractivity contribution >= 4 is 28.5 Å². The first-order valence-electron chi connectivity index (χ1n) is 6.84. The number of nitrogens with two attached hydrogens (primary N) is 1. The van der Waals surface area contributed by atoms with Crippen LogP contribution in [-0.2, 0) is 0 Å². The maximum atomic E-state index is 9.70. The average Bonchev–Trinajstić information content (AvgIpc) is 2.90. The molecule has 0 spiro atoms. The lowest BCUT2D eigenvalue weighted by atomic mass is 10.1. The Morgan fingerprint density at radius 3 is 2.83 bits per heavy atom. The zero-order valence-corrected chi connectivity index (χ0v) is 13.3. The normalized spacial score (nSPS) is 11.3. The molecular weight excluding hydrogens is 314 g/mol. The summed E-state index contributed by atoms with van der Waals surface area (Å²) in [4.78, 5) is 12.3. The molecule has 23 heavy (non-hydrogen) atoms. The molecule has 3 heterocycles. The molecule has 6 nitrogen and oxygen atoms in total. The van der Waals surface area contributed by atoms with Crippen LogP contribution in [0.1, 0.15) is 19.5 Å². The van der Waals surface area contributed by atoms with Gasteiger partial charge >= 0.3 is 0 Å². The maximum Gasteiger partial charge on any atom is 0.222 e. The van der Waals surface area contributed by atoms with Gasteiger partial charge in [0.25, 0.3) is 0 Å². The van der Waals surface area contributed by atoms with Crippen molar-refractivity contribution in [2.75, 3.05) is 5.73 Å². The van der Waals surface area contributed by atoms with E-state index in [1.165, 1.54) is 6.20 Å². The van der Waals surface area contributed by atoms with Crippen molar-refractivity contribution in [1.82, 2.24) is 19.5 Å². The molecule has 3 rings (SSSR count). The third kappa shape index (κ3) is 3.26. The van der Waals surface area contributed by atoms with E-state index in [2.05, 4.69) is 26.8 Å². The van der Waals surface area contributed by atoms with Crippen LogP contribution in [0.25, 0.3) is 16.7 Å². The third-order valence-corrected chi connectivity index (χ3v) is 3.31. The third-order valence-electron chi connectivity index (χ3n) is 3.04. The van der Waals surface area contributed by atoms with Crippen LogP contribution < -0.4 is 5.73 Å². The number of aromatic nitrogens is 4. The maximum absolute atomic E-state index is 9.70. The molecule has 0 bridgehead atoms. The number of fused-ring (bicyclic) bond motifs is 1. The summed E-state index contributed by atoms with van der Waals surface area (Å²) in [6.45, 7) is 3.23. The molecule has 0 aliphatic carbocycles. The summed E-state index contributed by atoms with van der Waals surface area (Å²) < 4.78 is 1.80. The van der Waals surface area contributed by atoms with Crippen LogP contribution in [0, 0.1) is 11.8 Å². The monoisotopic (exact) mass is 327 g/mol. The molecule has 3 aromatic rings. The molecule has 7 heteroatoms. The molecule has 0 atom stereocenters. The summed E-state index contributed by atoms with van der Waals surface area (Å²) in [7, 11) is 0. The summed E-state index contributed by atoms with van der Waals surface area (Å²) in [5.41, 5.74) is 5.94. The lowest BCUT2D eigenvalue weighted by Gasteiger charge is -2.07. The Morgan fingerprint density at radius 2 is 2.09 bits per heavy atom. The van der Waals surface area contributed by atoms with E-state index < -0.39 is 5.60 Å². The number of nitrogen functional groups attached to an aromatic ring is 1.